The molecule has 16 heavy (non-hydrogen) atoms. The van der Waals surface area contributed by atoms with Gasteiger partial charge in [-0.2, -0.15) is 0 Å². The van der Waals surface area contributed by atoms with Crippen molar-refractivity contribution in [2.24, 2.45) is 0 Å². The number of pyridine rings is 1. The van der Waals surface area contributed by atoms with Gasteiger partial charge in [-0.05, 0) is 37.3 Å². The van der Waals surface area contributed by atoms with Crippen LogP contribution in [0, 0.1) is 20.8 Å². The Morgan fingerprint density at radius 2 is 1.88 bits per heavy atom. The van der Waals surface area contributed by atoms with E-state index >= 15 is 0 Å². The van der Waals surface area contributed by atoms with Crippen LogP contribution in [0.25, 0.3) is 10.8 Å². The van der Waals surface area contributed by atoms with Crippen LogP contribution in [0.2, 0.25) is 0 Å². The molecule has 2 rings (SSSR count). The van der Waals surface area contributed by atoms with Crippen molar-refractivity contribution in [1.82, 2.24) is 4.98 Å². The molecule has 0 saturated carbocycles. The number of aromatic amines is 1. The fourth-order valence-corrected chi connectivity index (χ4v) is 2.09. The van der Waals surface area contributed by atoms with E-state index in [4.69, 9.17) is 4.74 Å². The number of hydrogen-bond acceptors (Lipinski definition) is 2. The number of ether oxygens (including phenoxy) is 1. The zero-order valence-electron chi connectivity index (χ0n) is 9.97. The third-order valence-corrected chi connectivity index (χ3v) is 3.00. The van der Waals surface area contributed by atoms with Crippen molar-refractivity contribution in [3.05, 3.63) is 39.3 Å². The van der Waals surface area contributed by atoms with Gasteiger partial charge in [-0.25, -0.2) is 0 Å². The Balaban J connectivity index is 3.02. The van der Waals surface area contributed by atoms with Crippen LogP contribution < -0.4 is 10.3 Å². The largest absolute Gasteiger partial charge is 0.496 e. The molecule has 1 aromatic carbocycles. The molecule has 1 heterocycles. The highest BCUT2D eigenvalue weighted by Crippen LogP contribution is 2.32. The summed E-state index contributed by atoms with van der Waals surface area (Å²) in [5.74, 6) is 0.851. The first-order chi connectivity index (χ1) is 7.54. The summed E-state index contributed by atoms with van der Waals surface area (Å²) in [4.78, 5) is 14.2. The summed E-state index contributed by atoms with van der Waals surface area (Å²) < 4.78 is 5.44. The highest BCUT2D eigenvalue weighted by atomic mass is 16.5. The third kappa shape index (κ3) is 1.48. The van der Waals surface area contributed by atoms with Crippen molar-refractivity contribution in [2.75, 3.05) is 7.11 Å². The maximum Gasteiger partial charge on any atom is 0.248 e. The van der Waals surface area contributed by atoms with Crippen LogP contribution >= 0.6 is 0 Å². The van der Waals surface area contributed by atoms with Gasteiger partial charge in [-0.15, -0.1) is 0 Å². The van der Waals surface area contributed by atoms with E-state index in [2.05, 4.69) is 4.98 Å². The standard InChI is InChI=1S/C13H15NO2/c1-7-5-10-6-11(15)14-9(3)12(10)13(16-4)8(7)2/h5-6H,1-4H3,(H,14,15). The zero-order valence-corrected chi connectivity index (χ0v) is 9.97. The molecule has 0 fully saturated rings. The fraction of sp³-hybridized carbons (Fsp3) is 0.308. The smallest absolute Gasteiger partial charge is 0.248 e. The molecule has 1 aromatic heterocycles. The topological polar surface area (TPSA) is 42.1 Å². The van der Waals surface area contributed by atoms with Gasteiger partial charge >= 0.3 is 0 Å². The van der Waals surface area contributed by atoms with Crippen LogP contribution in [-0.2, 0) is 0 Å². The Labute approximate surface area is 94.1 Å². The summed E-state index contributed by atoms with van der Waals surface area (Å²) in [6.07, 6.45) is 0. The molecule has 0 aliphatic carbocycles. The first-order valence-corrected chi connectivity index (χ1v) is 5.22. The molecular weight excluding hydrogens is 202 g/mol. The third-order valence-electron chi connectivity index (χ3n) is 3.00. The summed E-state index contributed by atoms with van der Waals surface area (Å²) in [6, 6.07) is 3.63. The summed E-state index contributed by atoms with van der Waals surface area (Å²) in [6.45, 7) is 5.94. The number of benzene rings is 1. The molecule has 0 aliphatic heterocycles. The van der Waals surface area contributed by atoms with E-state index in [1.807, 2.05) is 26.8 Å². The van der Waals surface area contributed by atoms with E-state index in [0.29, 0.717) is 0 Å². The lowest BCUT2D eigenvalue weighted by atomic mass is 10.0. The van der Waals surface area contributed by atoms with Gasteiger partial charge in [0.05, 0.1) is 7.11 Å². The molecule has 2 aromatic rings. The number of methoxy groups -OCH3 is 1. The van der Waals surface area contributed by atoms with Crippen LogP contribution in [0.4, 0.5) is 0 Å². The van der Waals surface area contributed by atoms with Crippen molar-refractivity contribution in [3.63, 3.8) is 0 Å². The van der Waals surface area contributed by atoms with Gasteiger partial charge < -0.3 is 9.72 Å². The van der Waals surface area contributed by atoms with Crippen LogP contribution in [-0.4, -0.2) is 12.1 Å². The molecule has 0 spiro atoms. The maximum absolute atomic E-state index is 11.4. The number of aryl methyl sites for hydroxylation is 2. The van der Waals surface area contributed by atoms with Crippen molar-refractivity contribution in [2.45, 2.75) is 20.8 Å². The molecule has 0 bridgehead atoms. The second-order valence-electron chi connectivity index (χ2n) is 4.07. The van der Waals surface area contributed by atoms with Crippen molar-refractivity contribution in [1.29, 1.82) is 0 Å². The number of H-pyrrole nitrogens is 1. The van der Waals surface area contributed by atoms with E-state index in [-0.39, 0.29) is 5.56 Å². The molecular formula is C13H15NO2. The van der Waals surface area contributed by atoms with E-state index in [1.165, 1.54) is 0 Å². The Hall–Kier alpha value is -1.77. The quantitative estimate of drug-likeness (QED) is 0.797. The minimum absolute atomic E-state index is 0.0738. The first-order valence-electron chi connectivity index (χ1n) is 5.22. The number of fused-ring (bicyclic) bond motifs is 1. The molecule has 0 radical (unpaired) electrons. The molecule has 0 aliphatic rings. The highest BCUT2D eigenvalue weighted by molar-refractivity contribution is 5.92. The second-order valence-corrected chi connectivity index (χ2v) is 4.07. The first kappa shape index (κ1) is 10.7. The van der Waals surface area contributed by atoms with Gasteiger partial charge in [0, 0.05) is 17.1 Å². The summed E-state index contributed by atoms with van der Waals surface area (Å²) in [5, 5.41) is 1.92. The van der Waals surface area contributed by atoms with Gasteiger partial charge in [0.25, 0.3) is 0 Å². The molecule has 1 N–H and O–H groups in total. The van der Waals surface area contributed by atoms with Gasteiger partial charge in [0.1, 0.15) is 5.75 Å². The molecule has 3 nitrogen and oxygen atoms in total. The average Bonchev–Trinajstić information content (AvgIpc) is 2.20. The summed E-state index contributed by atoms with van der Waals surface area (Å²) >= 11 is 0. The van der Waals surface area contributed by atoms with Crippen LogP contribution in [0.5, 0.6) is 5.75 Å². The predicted molar refractivity (Wildman–Crippen MR) is 65.3 cm³/mol. The lowest BCUT2D eigenvalue weighted by molar-refractivity contribution is 0.416. The number of nitrogens with one attached hydrogen (secondary N) is 1. The van der Waals surface area contributed by atoms with E-state index in [1.54, 1.807) is 13.2 Å². The Morgan fingerprint density at radius 1 is 1.19 bits per heavy atom. The van der Waals surface area contributed by atoms with Gasteiger partial charge in [0.2, 0.25) is 5.56 Å². The summed E-state index contributed by atoms with van der Waals surface area (Å²) in [7, 11) is 1.66. The van der Waals surface area contributed by atoms with Gasteiger partial charge in [0.15, 0.2) is 0 Å². The molecule has 0 unspecified atom stereocenters. The lowest BCUT2D eigenvalue weighted by Crippen LogP contribution is -2.07. The predicted octanol–water partition coefficient (Wildman–Crippen LogP) is 2.46. The van der Waals surface area contributed by atoms with Crippen molar-refractivity contribution >= 4 is 10.8 Å². The number of rotatable bonds is 1. The minimum Gasteiger partial charge on any atom is -0.496 e. The average molecular weight is 217 g/mol. The maximum atomic E-state index is 11.4. The fourth-order valence-electron chi connectivity index (χ4n) is 2.09. The Bertz CT molecular complexity index is 611. The van der Waals surface area contributed by atoms with Gasteiger partial charge in [-0.1, -0.05) is 6.07 Å². The number of aromatic nitrogens is 1. The zero-order chi connectivity index (χ0) is 11.9. The molecule has 0 atom stereocenters. The molecule has 0 saturated heterocycles. The normalized spacial score (nSPS) is 10.8. The summed E-state index contributed by atoms with van der Waals surface area (Å²) in [5.41, 5.74) is 3.03. The van der Waals surface area contributed by atoms with E-state index < -0.39 is 0 Å². The lowest BCUT2D eigenvalue weighted by Gasteiger charge is -2.13. The monoisotopic (exact) mass is 217 g/mol. The minimum atomic E-state index is -0.0738. The van der Waals surface area contributed by atoms with Crippen molar-refractivity contribution in [3.8, 4) is 5.75 Å². The molecule has 0 amide bonds. The van der Waals surface area contributed by atoms with Crippen LogP contribution in [0.15, 0.2) is 16.9 Å². The van der Waals surface area contributed by atoms with Crippen LogP contribution in [0.3, 0.4) is 0 Å². The van der Waals surface area contributed by atoms with E-state index in [0.717, 1.165) is 33.3 Å². The Kier molecular flexibility index (Phi) is 2.46. The van der Waals surface area contributed by atoms with E-state index in [9.17, 15) is 4.79 Å². The highest BCUT2D eigenvalue weighted by Gasteiger charge is 2.11. The van der Waals surface area contributed by atoms with Crippen molar-refractivity contribution < 1.29 is 4.74 Å². The molecule has 3 heteroatoms. The van der Waals surface area contributed by atoms with Crippen LogP contribution in [0.1, 0.15) is 16.8 Å². The Morgan fingerprint density at radius 3 is 2.50 bits per heavy atom. The SMILES string of the molecule is COc1c(C)c(C)cc2cc(=O)[nH]c(C)c12. The molecule has 84 valence electrons. The number of hydrogen-bond donors (Lipinski definition) is 1. The van der Waals surface area contributed by atoms with Gasteiger partial charge in [-0.3, -0.25) is 4.79 Å². The second kappa shape index (κ2) is 3.67.